The molecule has 0 unspecified atom stereocenters. The second-order valence-electron chi connectivity index (χ2n) is 6.32. The quantitative estimate of drug-likeness (QED) is 0.728. The van der Waals surface area contributed by atoms with E-state index < -0.39 is 0 Å². The van der Waals surface area contributed by atoms with Crippen LogP contribution in [0, 0.1) is 0 Å². The highest BCUT2D eigenvalue weighted by Gasteiger charge is 2.18. The van der Waals surface area contributed by atoms with Crippen molar-refractivity contribution in [2.75, 3.05) is 17.4 Å². The number of carbonyl (C=O) groups excluding carboxylic acids is 2. The minimum Gasteiger partial charge on any atom is -0.454 e. The Labute approximate surface area is 161 Å². The number of aromatic nitrogens is 2. The van der Waals surface area contributed by atoms with Crippen LogP contribution in [0.3, 0.4) is 0 Å². The zero-order valence-electron chi connectivity index (χ0n) is 15.4. The number of carbonyl (C=O) groups is 2. The average molecular weight is 378 g/mol. The van der Waals surface area contributed by atoms with Crippen LogP contribution >= 0.6 is 0 Å². The molecule has 2 N–H and O–H groups in total. The lowest BCUT2D eigenvalue weighted by atomic mass is 10.1. The van der Waals surface area contributed by atoms with Crippen molar-refractivity contribution < 1.29 is 19.1 Å². The number of rotatable bonds is 4. The Morgan fingerprint density at radius 2 is 1.75 bits per heavy atom. The predicted octanol–water partition coefficient (Wildman–Crippen LogP) is 3.03. The first-order chi connectivity index (χ1) is 13.5. The van der Waals surface area contributed by atoms with Crippen molar-refractivity contribution in [1.82, 2.24) is 9.78 Å². The van der Waals surface area contributed by atoms with Crippen LogP contribution in [0.5, 0.6) is 11.5 Å². The molecular weight excluding hydrogens is 360 g/mol. The van der Waals surface area contributed by atoms with Crippen molar-refractivity contribution >= 4 is 23.2 Å². The fourth-order valence-electron chi connectivity index (χ4n) is 2.98. The Bertz CT molecular complexity index is 1070. The van der Waals surface area contributed by atoms with E-state index in [0.717, 1.165) is 11.3 Å². The largest absolute Gasteiger partial charge is 0.454 e. The first-order valence-electron chi connectivity index (χ1n) is 8.63. The van der Waals surface area contributed by atoms with Crippen LogP contribution in [0.1, 0.15) is 17.4 Å². The minimum absolute atomic E-state index is 0.179. The van der Waals surface area contributed by atoms with Crippen LogP contribution in [0.15, 0.2) is 48.5 Å². The summed E-state index contributed by atoms with van der Waals surface area (Å²) in [6.07, 6.45) is 0. The molecule has 2 amide bonds. The number of amides is 2. The number of benzene rings is 2. The van der Waals surface area contributed by atoms with Crippen molar-refractivity contribution in [3.8, 4) is 22.8 Å². The highest BCUT2D eigenvalue weighted by atomic mass is 16.7. The third kappa shape index (κ3) is 3.52. The third-order valence-corrected chi connectivity index (χ3v) is 4.22. The highest BCUT2D eigenvalue weighted by molar-refractivity contribution is 6.04. The van der Waals surface area contributed by atoms with E-state index in [-0.39, 0.29) is 24.3 Å². The lowest BCUT2D eigenvalue weighted by Gasteiger charge is -2.06. The van der Waals surface area contributed by atoms with Crippen molar-refractivity contribution in [2.45, 2.75) is 6.92 Å². The fourth-order valence-corrected chi connectivity index (χ4v) is 2.98. The Kier molecular flexibility index (Phi) is 4.44. The van der Waals surface area contributed by atoms with Crippen LogP contribution in [-0.4, -0.2) is 28.4 Å². The topological polar surface area (TPSA) is 94.5 Å². The van der Waals surface area contributed by atoms with Crippen LogP contribution in [0.25, 0.3) is 11.3 Å². The summed E-state index contributed by atoms with van der Waals surface area (Å²) in [6, 6.07) is 14.2. The van der Waals surface area contributed by atoms with Gasteiger partial charge >= 0.3 is 0 Å². The molecule has 1 aliphatic rings. The van der Waals surface area contributed by atoms with Crippen LogP contribution in [0.2, 0.25) is 0 Å². The summed E-state index contributed by atoms with van der Waals surface area (Å²) >= 11 is 0. The second kappa shape index (κ2) is 7.07. The molecule has 0 atom stereocenters. The summed E-state index contributed by atoms with van der Waals surface area (Å²) in [6.45, 7) is 1.63. The molecule has 0 saturated heterocycles. The van der Waals surface area contributed by atoms with E-state index in [1.165, 1.54) is 6.92 Å². The molecule has 2 aromatic carbocycles. The van der Waals surface area contributed by atoms with Gasteiger partial charge in [-0.2, -0.15) is 5.10 Å². The van der Waals surface area contributed by atoms with E-state index in [2.05, 4.69) is 15.7 Å². The second-order valence-corrected chi connectivity index (χ2v) is 6.32. The molecule has 0 aliphatic carbocycles. The van der Waals surface area contributed by atoms with E-state index in [1.54, 1.807) is 42.1 Å². The SMILES string of the molecule is CC(=O)Nc1cccc(NC(=O)c2cc(-c3ccc4c(c3)OCO4)n(C)n2)c1. The van der Waals surface area contributed by atoms with Gasteiger partial charge in [0, 0.05) is 30.9 Å². The summed E-state index contributed by atoms with van der Waals surface area (Å²) < 4.78 is 12.4. The average Bonchev–Trinajstić information content (AvgIpc) is 3.27. The van der Waals surface area contributed by atoms with Crippen LogP contribution < -0.4 is 20.1 Å². The molecule has 1 aliphatic heterocycles. The van der Waals surface area contributed by atoms with Gasteiger partial charge < -0.3 is 20.1 Å². The molecule has 8 nitrogen and oxygen atoms in total. The zero-order chi connectivity index (χ0) is 19.7. The van der Waals surface area contributed by atoms with Gasteiger partial charge in [0.2, 0.25) is 12.7 Å². The Hall–Kier alpha value is -3.81. The Morgan fingerprint density at radius 3 is 2.54 bits per heavy atom. The van der Waals surface area contributed by atoms with Gasteiger partial charge in [0.15, 0.2) is 17.2 Å². The Morgan fingerprint density at radius 1 is 1.00 bits per heavy atom. The lowest BCUT2D eigenvalue weighted by Crippen LogP contribution is -2.13. The van der Waals surface area contributed by atoms with Crippen molar-refractivity contribution in [2.24, 2.45) is 7.05 Å². The molecule has 0 saturated carbocycles. The molecule has 3 aromatic rings. The van der Waals surface area contributed by atoms with Gasteiger partial charge in [0.05, 0.1) is 5.69 Å². The number of ether oxygens (including phenoxy) is 2. The molecular formula is C20H18N4O4. The third-order valence-electron chi connectivity index (χ3n) is 4.22. The zero-order valence-corrected chi connectivity index (χ0v) is 15.4. The number of hydrogen-bond acceptors (Lipinski definition) is 5. The number of aryl methyl sites for hydroxylation is 1. The maximum atomic E-state index is 12.6. The molecule has 2 heterocycles. The summed E-state index contributed by atoms with van der Waals surface area (Å²) in [5, 5.41) is 9.79. The first kappa shape index (κ1) is 17.6. The van der Waals surface area contributed by atoms with Gasteiger partial charge in [-0.05, 0) is 42.5 Å². The van der Waals surface area contributed by atoms with Gasteiger partial charge in [-0.15, -0.1) is 0 Å². The van der Waals surface area contributed by atoms with E-state index in [4.69, 9.17) is 9.47 Å². The summed E-state index contributed by atoms with van der Waals surface area (Å²) in [4.78, 5) is 23.8. The number of hydrogen-bond donors (Lipinski definition) is 2. The molecule has 4 rings (SSSR count). The molecule has 142 valence electrons. The van der Waals surface area contributed by atoms with E-state index >= 15 is 0 Å². The molecule has 0 radical (unpaired) electrons. The van der Waals surface area contributed by atoms with Gasteiger partial charge in [-0.25, -0.2) is 0 Å². The number of anilines is 2. The minimum atomic E-state index is -0.345. The summed E-state index contributed by atoms with van der Waals surface area (Å²) in [7, 11) is 1.77. The van der Waals surface area contributed by atoms with Crippen molar-refractivity contribution in [3.63, 3.8) is 0 Å². The van der Waals surface area contributed by atoms with Gasteiger partial charge in [0.25, 0.3) is 5.91 Å². The number of fused-ring (bicyclic) bond motifs is 1. The van der Waals surface area contributed by atoms with Gasteiger partial charge in [-0.3, -0.25) is 14.3 Å². The molecule has 0 spiro atoms. The van der Waals surface area contributed by atoms with E-state index in [0.29, 0.717) is 22.9 Å². The number of nitrogens with zero attached hydrogens (tertiary/aromatic N) is 2. The van der Waals surface area contributed by atoms with E-state index in [1.807, 2.05) is 18.2 Å². The maximum absolute atomic E-state index is 12.6. The molecule has 8 heteroatoms. The fraction of sp³-hybridized carbons (Fsp3) is 0.150. The summed E-state index contributed by atoms with van der Waals surface area (Å²) in [5.41, 5.74) is 3.08. The van der Waals surface area contributed by atoms with Crippen molar-refractivity contribution in [3.05, 3.63) is 54.2 Å². The maximum Gasteiger partial charge on any atom is 0.276 e. The first-order valence-corrected chi connectivity index (χ1v) is 8.63. The monoisotopic (exact) mass is 378 g/mol. The Balaban J connectivity index is 1.55. The number of nitrogens with one attached hydrogen (secondary N) is 2. The highest BCUT2D eigenvalue weighted by Crippen LogP contribution is 2.36. The van der Waals surface area contributed by atoms with Crippen molar-refractivity contribution in [1.29, 1.82) is 0 Å². The van der Waals surface area contributed by atoms with Crippen LogP contribution in [-0.2, 0) is 11.8 Å². The molecule has 0 fully saturated rings. The standard InChI is InChI=1S/C20H18N4O4/c1-12(25)21-14-4-3-5-15(9-14)22-20(26)16-10-17(24(2)23-16)13-6-7-18-19(8-13)28-11-27-18/h3-10H,11H2,1-2H3,(H,21,25)(H,22,26). The predicted molar refractivity (Wildman–Crippen MR) is 103 cm³/mol. The summed E-state index contributed by atoms with van der Waals surface area (Å²) in [5.74, 6) is 0.839. The molecule has 28 heavy (non-hydrogen) atoms. The van der Waals surface area contributed by atoms with Crippen LogP contribution in [0.4, 0.5) is 11.4 Å². The molecule has 0 bridgehead atoms. The van der Waals surface area contributed by atoms with E-state index in [9.17, 15) is 9.59 Å². The smallest absolute Gasteiger partial charge is 0.276 e. The lowest BCUT2D eigenvalue weighted by molar-refractivity contribution is -0.114. The normalized spacial score (nSPS) is 11.9. The van der Waals surface area contributed by atoms with Gasteiger partial charge in [-0.1, -0.05) is 6.07 Å². The van der Waals surface area contributed by atoms with Gasteiger partial charge in [0.1, 0.15) is 0 Å². The molecule has 1 aromatic heterocycles.